The van der Waals surface area contributed by atoms with Gasteiger partial charge in [-0.1, -0.05) is 58.1 Å². The Kier molecular flexibility index (Phi) is 10.0. The van der Waals surface area contributed by atoms with E-state index < -0.39 is 0 Å². The van der Waals surface area contributed by atoms with E-state index >= 15 is 0 Å². The lowest BCUT2D eigenvalue weighted by molar-refractivity contribution is -0.116. The predicted molar refractivity (Wildman–Crippen MR) is 80.8 cm³/mol. The topological polar surface area (TPSA) is 17.1 Å². The molecule has 0 N–H and O–H groups in total. The normalized spacial score (nSPS) is 14.0. The first kappa shape index (κ1) is 17.4. The van der Waals surface area contributed by atoms with Crippen LogP contribution in [0.15, 0.2) is 11.6 Å². The van der Waals surface area contributed by atoms with E-state index in [-0.39, 0.29) is 5.78 Å². The van der Waals surface area contributed by atoms with Crippen molar-refractivity contribution in [3.8, 4) is 0 Å². The van der Waals surface area contributed by atoms with Crippen LogP contribution in [0.1, 0.15) is 79.6 Å². The van der Waals surface area contributed by atoms with E-state index in [0.29, 0.717) is 6.42 Å². The van der Waals surface area contributed by atoms with E-state index in [4.69, 9.17) is 0 Å². The molecule has 1 nitrogen and oxygen atoms in total. The van der Waals surface area contributed by atoms with Gasteiger partial charge in [-0.15, -0.1) is 0 Å². The monoisotopic (exact) mass is 252 g/mol. The van der Waals surface area contributed by atoms with Crippen LogP contribution in [0.5, 0.6) is 0 Å². The standard InChI is InChI=1S/C17H32O/c1-14(2)8-6-9-15(3)10-7-11-16(4)12-13-17(5)18/h12,14-15H,6-11,13H2,1-5H3. The van der Waals surface area contributed by atoms with Gasteiger partial charge in [-0.2, -0.15) is 0 Å². The lowest BCUT2D eigenvalue weighted by atomic mass is 9.94. The molecule has 0 radical (unpaired) electrons. The quantitative estimate of drug-likeness (QED) is 0.466. The number of hydrogen-bond donors (Lipinski definition) is 0. The third-order valence-electron chi connectivity index (χ3n) is 3.48. The van der Waals surface area contributed by atoms with E-state index in [9.17, 15) is 4.79 Å². The van der Waals surface area contributed by atoms with Gasteiger partial charge >= 0.3 is 0 Å². The molecule has 0 amide bonds. The average Bonchev–Trinajstić information content (AvgIpc) is 2.25. The van der Waals surface area contributed by atoms with Crippen molar-refractivity contribution in [2.24, 2.45) is 11.8 Å². The highest BCUT2D eigenvalue weighted by Gasteiger charge is 2.03. The van der Waals surface area contributed by atoms with E-state index in [0.717, 1.165) is 18.3 Å². The van der Waals surface area contributed by atoms with Crippen LogP contribution in [0.4, 0.5) is 0 Å². The molecular formula is C17H32O. The van der Waals surface area contributed by atoms with Crippen molar-refractivity contribution >= 4 is 5.78 Å². The molecule has 0 saturated carbocycles. The molecule has 0 rings (SSSR count). The van der Waals surface area contributed by atoms with Crippen LogP contribution in [0.2, 0.25) is 0 Å². The number of Topliss-reactive ketones (excluding diaryl/α,β-unsaturated/α-hetero) is 1. The lowest BCUT2D eigenvalue weighted by Crippen LogP contribution is -1.97. The molecule has 1 atom stereocenters. The maximum Gasteiger partial charge on any atom is 0.133 e. The molecule has 0 aromatic carbocycles. The molecule has 0 fully saturated rings. The fourth-order valence-electron chi connectivity index (χ4n) is 2.17. The SMILES string of the molecule is CC(=O)CC=C(C)CCCC(C)CCCC(C)C. The summed E-state index contributed by atoms with van der Waals surface area (Å²) < 4.78 is 0. The highest BCUT2D eigenvalue weighted by molar-refractivity contribution is 5.77. The summed E-state index contributed by atoms with van der Waals surface area (Å²) in [6.07, 6.45) is 10.5. The molecule has 0 aliphatic heterocycles. The summed E-state index contributed by atoms with van der Waals surface area (Å²) in [5, 5.41) is 0. The van der Waals surface area contributed by atoms with Crippen molar-refractivity contribution in [1.82, 2.24) is 0 Å². The van der Waals surface area contributed by atoms with Crippen LogP contribution in [0.3, 0.4) is 0 Å². The highest BCUT2D eigenvalue weighted by Crippen LogP contribution is 2.19. The molecule has 0 aromatic heterocycles. The Morgan fingerprint density at radius 1 is 1.00 bits per heavy atom. The minimum Gasteiger partial charge on any atom is -0.300 e. The first-order chi connectivity index (χ1) is 8.41. The fraction of sp³-hybridized carbons (Fsp3) is 0.824. The van der Waals surface area contributed by atoms with Crippen molar-refractivity contribution < 1.29 is 4.79 Å². The number of hydrogen-bond acceptors (Lipinski definition) is 1. The van der Waals surface area contributed by atoms with Gasteiger partial charge in [0.05, 0.1) is 0 Å². The largest absolute Gasteiger partial charge is 0.300 e. The van der Waals surface area contributed by atoms with Gasteiger partial charge in [0.15, 0.2) is 0 Å². The van der Waals surface area contributed by atoms with Crippen LogP contribution in [-0.2, 0) is 4.79 Å². The second-order valence-corrected chi connectivity index (χ2v) is 6.28. The van der Waals surface area contributed by atoms with Crippen molar-refractivity contribution in [3.05, 3.63) is 11.6 Å². The lowest BCUT2D eigenvalue weighted by Gasteiger charge is -2.12. The molecule has 0 bridgehead atoms. The summed E-state index contributed by atoms with van der Waals surface area (Å²) in [5.74, 6) is 1.95. The zero-order chi connectivity index (χ0) is 14.0. The van der Waals surface area contributed by atoms with E-state index in [1.807, 2.05) is 0 Å². The van der Waals surface area contributed by atoms with Crippen LogP contribution < -0.4 is 0 Å². The Morgan fingerprint density at radius 3 is 2.17 bits per heavy atom. The number of carbonyl (C=O) groups is 1. The minimum atomic E-state index is 0.261. The van der Waals surface area contributed by atoms with Crippen molar-refractivity contribution in [3.63, 3.8) is 0 Å². The molecule has 106 valence electrons. The van der Waals surface area contributed by atoms with Crippen molar-refractivity contribution in [1.29, 1.82) is 0 Å². The minimum absolute atomic E-state index is 0.261. The molecular weight excluding hydrogens is 220 g/mol. The zero-order valence-corrected chi connectivity index (χ0v) is 13.1. The summed E-state index contributed by atoms with van der Waals surface area (Å²) in [4.78, 5) is 10.9. The molecule has 1 heteroatoms. The average molecular weight is 252 g/mol. The Bertz CT molecular complexity index is 250. The van der Waals surface area contributed by atoms with Gasteiger partial charge in [-0.25, -0.2) is 0 Å². The van der Waals surface area contributed by atoms with Crippen LogP contribution in [-0.4, -0.2) is 5.78 Å². The zero-order valence-electron chi connectivity index (χ0n) is 13.1. The predicted octanol–water partition coefficient (Wildman–Crippen LogP) is 5.54. The van der Waals surface area contributed by atoms with Gasteiger partial charge in [-0.3, -0.25) is 4.79 Å². The van der Waals surface area contributed by atoms with Crippen LogP contribution in [0, 0.1) is 11.8 Å². The molecule has 0 spiro atoms. The first-order valence-corrected chi connectivity index (χ1v) is 7.56. The summed E-state index contributed by atoms with van der Waals surface area (Å²) >= 11 is 0. The molecule has 0 saturated heterocycles. The second kappa shape index (κ2) is 10.3. The summed E-state index contributed by atoms with van der Waals surface area (Å²) in [7, 11) is 0. The summed E-state index contributed by atoms with van der Waals surface area (Å²) in [5.41, 5.74) is 1.37. The number of rotatable bonds is 10. The van der Waals surface area contributed by atoms with Gasteiger partial charge in [0.2, 0.25) is 0 Å². The van der Waals surface area contributed by atoms with E-state index in [1.165, 1.54) is 37.7 Å². The Balaban J connectivity index is 3.58. The smallest absolute Gasteiger partial charge is 0.133 e. The Hall–Kier alpha value is -0.590. The molecule has 0 aliphatic carbocycles. The van der Waals surface area contributed by atoms with Gasteiger partial charge in [-0.05, 0) is 38.5 Å². The molecule has 18 heavy (non-hydrogen) atoms. The molecule has 1 unspecified atom stereocenters. The third kappa shape index (κ3) is 11.9. The Morgan fingerprint density at radius 2 is 1.61 bits per heavy atom. The van der Waals surface area contributed by atoms with Crippen LogP contribution in [0.25, 0.3) is 0 Å². The second-order valence-electron chi connectivity index (χ2n) is 6.28. The summed E-state index contributed by atoms with van der Waals surface area (Å²) in [6, 6.07) is 0. The first-order valence-electron chi connectivity index (χ1n) is 7.56. The van der Waals surface area contributed by atoms with Crippen LogP contribution >= 0.6 is 0 Å². The summed E-state index contributed by atoms with van der Waals surface area (Å²) in [6.45, 7) is 10.8. The fourth-order valence-corrected chi connectivity index (χ4v) is 2.17. The highest BCUT2D eigenvalue weighted by atomic mass is 16.1. The van der Waals surface area contributed by atoms with Gasteiger partial charge in [0.1, 0.15) is 5.78 Å². The number of allylic oxidation sites excluding steroid dienone is 2. The molecule has 0 aromatic rings. The molecule has 0 heterocycles. The van der Waals surface area contributed by atoms with Gasteiger partial charge < -0.3 is 0 Å². The van der Waals surface area contributed by atoms with Crippen molar-refractivity contribution in [2.45, 2.75) is 79.6 Å². The van der Waals surface area contributed by atoms with Gasteiger partial charge in [0.25, 0.3) is 0 Å². The van der Waals surface area contributed by atoms with E-state index in [2.05, 4.69) is 33.8 Å². The van der Waals surface area contributed by atoms with Gasteiger partial charge in [0, 0.05) is 6.42 Å². The maximum atomic E-state index is 10.9. The van der Waals surface area contributed by atoms with Crippen molar-refractivity contribution in [2.75, 3.05) is 0 Å². The Labute approximate surface area is 114 Å². The third-order valence-corrected chi connectivity index (χ3v) is 3.48. The number of carbonyl (C=O) groups excluding carboxylic acids is 1. The molecule has 0 aliphatic rings. The van der Waals surface area contributed by atoms with E-state index in [1.54, 1.807) is 6.92 Å². The number of ketones is 1. The maximum absolute atomic E-state index is 10.9.